The summed E-state index contributed by atoms with van der Waals surface area (Å²) in [6.07, 6.45) is 3.72. The second-order valence-corrected chi connectivity index (χ2v) is 8.84. The van der Waals surface area contributed by atoms with Gasteiger partial charge < -0.3 is 9.30 Å². The number of carbonyl (C=O) groups is 1. The van der Waals surface area contributed by atoms with E-state index in [4.69, 9.17) is 16.3 Å². The highest BCUT2D eigenvalue weighted by molar-refractivity contribution is 6.31. The normalized spacial score (nSPS) is 11.8. The number of hydrogen-bond donors (Lipinski definition) is 1. The van der Waals surface area contributed by atoms with Gasteiger partial charge in [-0.05, 0) is 56.2 Å². The van der Waals surface area contributed by atoms with Crippen molar-refractivity contribution in [3.05, 3.63) is 101 Å². The van der Waals surface area contributed by atoms with Gasteiger partial charge in [0.2, 0.25) is 0 Å². The highest BCUT2D eigenvalue weighted by Crippen LogP contribution is 2.25. The van der Waals surface area contributed by atoms with Crippen molar-refractivity contribution in [2.24, 2.45) is 5.10 Å². The van der Waals surface area contributed by atoms with Crippen molar-refractivity contribution in [1.82, 2.24) is 9.99 Å². The zero-order chi connectivity index (χ0) is 23.4. The number of hydrogen-bond acceptors (Lipinski definition) is 3. The molecule has 0 saturated carbocycles. The predicted molar refractivity (Wildman–Crippen MR) is 134 cm³/mol. The van der Waals surface area contributed by atoms with Gasteiger partial charge in [-0.15, -0.1) is 0 Å². The Labute approximate surface area is 198 Å². The van der Waals surface area contributed by atoms with E-state index < -0.39 is 5.60 Å². The minimum absolute atomic E-state index is 0.348. The summed E-state index contributed by atoms with van der Waals surface area (Å²) < 4.78 is 8.08. The Hall–Kier alpha value is -3.57. The number of nitrogens with zero attached hydrogens (tertiary/aromatic N) is 2. The quantitative estimate of drug-likeness (QED) is 0.274. The van der Waals surface area contributed by atoms with E-state index in [0.29, 0.717) is 10.8 Å². The fourth-order valence-electron chi connectivity index (χ4n) is 3.61. The number of hydrazone groups is 1. The molecular weight excluding hydrogens is 434 g/mol. The Morgan fingerprint density at radius 2 is 1.82 bits per heavy atom. The maximum absolute atomic E-state index is 12.7. The van der Waals surface area contributed by atoms with E-state index in [2.05, 4.69) is 39.4 Å². The first-order valence-corrected chi connectivity index (χ1v) is 11.1. The van der Waals surface area contributed by atoms with Crippen LogP contribution in [0.25, 0.3) is 10.9 Å². The van der Waals surface area contributed by atoms with Crippen molar-refractivity contribution in [3.8, 4) is 5.75 Å². The van der Waals surface area contributed by atoms with Crippen LogP contribution in [0.5, 0.6) is 5.75 Å². The number of nitrogens with one attached hydrogen (secondary N) is 1. The summed E-state index contributed by atoms with van der Waals surface area (Å²) >= 11 is 6.07. The van der Waals surface area contributed by atoms with Gasteiger partial charge in [0.05, 0.1) is 6.21 Å². The topological polar surface area (TPSA) is 55.6 Å². The highest BCUT2D eigenvalue weighted by atomic mass is 35.5. The van der Waals surface area contributed by atoms with E-state index in [1.165, 1.54) is 5.56 Å². The SMILES string of the molecule is Cc1cc(OC(C)(C)C(=O)N/N=C\c2cn(Cc3ccccc3)c3ccccc23)ccc1Cl. The third kappa shape index (κ3) is 5.26. The van der Waals surface area contributed by atoms with Crippen molar-refractivity contribution in [2.45, 2.75) is 32.9 Å². The molecule has 0 aliphatic heterocycles. The standard InChI is InChI=1S/C27H26ClN3O2/c1-19-15-22(13-14-24(19)28)33-27(2,3)26(32)30-29-16-21-18-31(17-20-9-5-4-6-10-20)25-12-8-7-11-23(21)25/h4-16,18H,17H2,1-3H3,(H,30,32)/b29-16-. The predicted octanol–water partition coefficient (Wildman–Crippen LogP) is 5.96. The number of halogens is 1. The summed E-state index contributed by atoms with van der Waals surface area (Å²) in [6, 6.07) is 23.7. The number of benzene rings is 3. The van der Waals surface area contributed by atoms with Crippen LogP contribution in [-0.2, 0) is 11.3 Å². The molecule has 4 rings (SSSR count). The maximum Gasteiger partial charge on any atom is 0.283 e. The monoisotopic (exact) mass is 459 g/mol. The van der Waals surface area contributed by atoms with Crippen LogP contribution >= 0.6 is 11.6 Å². The van der Waals surface area contributed by atoms with Gasteiger partial charge >= 0.3 is 0 Å². The van der Waals surface area contributed by atoms with E-state index in [9.17, 15) is 4.79 Å². The second kappa shape index (κ2) is 9.51. The minimum Gasteiger partial charge on any atom is -0.478 e. The van der Waals surface area contributed by atoms with Crippen LogP contribution in [0.3, 0.4) is 0 Å². The first-order valence-electron chi connectivity index (χ1n) is 10.7. The number of amides is 1. The van der Waals surface area contributed by atoms with Gasteiger partial charge in [-0.3, -0.25) is 4.79 Å². The molecule has 0 unspecified atom stereocenters. The summed E-state index contributed by atoms with van der Waals surface area (Å²) in [5, 5.41) is 5.93. The van der Waals surface area contributed by atoms with Crippen LogP contribution in [0.15, 0.2) is 84.1 Å². The maximum atomic E-state index is 12.7. The number of ether oxygens (including phenoxy) is 1. The number of rotatable bonds is 7. The molecule has 1 heterocycles. The molecular formula is C27H26ClN3O2. The fraction of sp³-hybridized carbons (Fsp3) is 0.185. The van der Waals surface area contributed by atoms with Gasteiger partial charge in [-0.2, -0.15) is 5.10 Å². The molecule has 3 aromatic carbocycles. The van der Waals surface area contributed by atoms with Crippen molar-refractivity contribution in [2.75, 3.05) is 0 Å². The number of carbonyl (C=O) groups excluding carboxylic acids is 1. The third-order valence-corrected chi connectivity index (χ3v) is 5.86. The minimum atomic E-state index is -1.11. The zero-order valence-electron chi connectivity index (χ0n) is 18.9. The summed E-state index contributed by atoms with van der Waals surface area (Å²) in [5.41, 5.74) is 5.63. The molecule has 33 heavy (non-hydrogen) atoms. The Kier molecular flexibility index (Phi) is 6.52. The van der Waals surface area contributed by atoms with Crippen LogP contribution in [0.1, 0.15) is 30.5 Å². The average Bonchev–Trinajstić information content (AvgIpc) is 3.14. The van der Waals surface area contributed by atoms with E-state index in [0.717, 1.165) is 28.6 Å². The van der Waals surface area contributed by atoms with Crippen molar-refractivity contribution >= 4 is 34.6 Å². The molecule has 0 aliphatic carbocycles. The first kappa shape index (κ1) is 22.6. The smallest absolute Gasteiger partial charge is 0.283 e. The average molecular weight is 460 g/mol. The molecule has 1 N–H and O–H groups in total. The summed E-state index contributed by atoms with van der Waals surface area (Å²) in [7, 11) is 0. The van der Waals surface area contributed by atoms with Gasteiger partial charge in [-0.25, -0.2) is 5.43 Å². The first-order chi connectivity index (χ1) is 15.8. The number of aryl methyl sites for hydroxylation is 1. The molecule has 0 fully saturated rings. The van der Waals surface area contributed by atoms with Gasteiger partial charge in [0.15, 0.2) is 5.60 Å². The molecule has 1 amide bonds. The Balaban J connectivity index is 1.49. The Morgan fingerprint density at radius 1 is 1.09 bits per heavy atom. The highest BCUT2D eigenvalue weighted by Gasteiger charge is 2.30. The summed E-state index contributed by atoms with van der Waals surface area (Å²) in [6.45, 7) is 6.05. The lowest BCUT2D eigenvalue weighted by molar-refractivity contribution is -0.134. The van der Waals surface area contributed by atoms with E-state index in [1.54, 1.807) is 32.2 Å². The van der Waals surface area contributed by atoms with Crippen LogP contribution < -0.4 is 10.2 Å². The molecule has 168 valence electrons. The van der Waals surface area contributed by atoms with E-state index in [1.807, 2.05) is 49.5 Å². The molecule has 0 saturated heterocycles. The zero-order valence-corrected chi connectivity index (χ0v) is 19.6. The molecule has 0 atom stereocenters. The number of aromatic nitrogens is 1. The lowest BCUT2D eigenvalue weighted by Gasteiger charge is -2.24. The van der Waals surface area contributed by atoms with Crippen LogP contribution in [0.2, 0.25) is 5.02 Å². The van der Waals surface area contributed by atoms with Crippen molar-refractivity contribution in [3.63, 3.8) is 0 Å². The van der Waals surface area contributed by atoms with Gasteiger partial charge in [0.1, 0.15) is 5.75 Å². The van der Waals surface area contributed by atoms with Gasteiger partial charge in [0.25, 0.3) is 5.91 Å². The summed E-state index contributed by atoms with van der Waals surface area (Å²) in [5.74, 6) is 0.226. The Morgan fingerprint density at radius 3 is 2.58 bits per heavy atom. The molecule has 0 bridgehead atoms. The lowest BCUT2D eigenvalue weighted by atomic mass is 10.1. The van der Waals surface area contributed by atoms with Gasteiger partial charge in [0, 0.05) is 34.2 Å². The van der Waals surface area contributed by atoms with Crippen molar-refractivity contribution < 1.29 is 9.53 Å². The summed E-state index contributed by atoms with van der Waals surface area (Å²) in [4.78, 5) is 12.7. The van der Waals surface area contributed by atoms with Crippen LogP contribution in [0.4, 0.5) is 0 Å². The molecule has 0 spiro atoms. The molecule has 6 heteroatoms. The molecule has 0 aliphatic rings. The number of fused-ring (bicyclic) bond motifs is 1. The van der Waals surface area contributed by atoms with Crippen LogP contribution in [0, 0.1) is 6.92 Å². The third-order valence-electron chi connectivity index (χ3n) is 5.43. The molecule has 4 aromatic rings. The largest absolute Gasteiger partial charge is 0.478 e. The van der Waals surface area contributed by atoms with Crippen molar-refractivity contribution in [1.29, 1.82) is 0 Å². The van der Waals surface area contributed by atoms with Crippen LogP contribution in [-0.4, -0.2) is 22.3 Å². The molecule has 0 radical (unpaired) electrons. The lowest BCUT2D eigenvalue weighted by Crippen LogP contribution is -2.44. The van der Waals surface area contributed by atoms with E-state index in [-0.39, 0.29) is 5.91 Å². The molecule has 1 aromatic heterocycles. The van der Waals surface area contributed by atoms with E-state index >= 15 is 0 Å². The second-order valence-electron chi connectivity index (χ2n) is 8.44. The fourth-order valence-corrected chi connectivity index (χ4v) is 3.72. The molecule has 5 nitrogen and oxygen atoms in total. The Bertz CT molecular complexity index is 1310. The number of para-hydroxylation sites is 1. The van der Waals surface area contributed by atoms with Gasteiger partial charge in [-0.1, -0.05) is 60.1 Å².